The summed E-state index contributed by atoms with van der Waals surface area (Å²) in [6, 6.07) is 10.8. The van der Waals surface area contributed by atoms with Crippen molar-refractivity contribution in [2.75, 3.05) is 18.5 Å². The predicted molar refractivity (Wildman–Crippen MR) is 92.1 cm³/mol. The molecule has 0 saturated carbocycles. The molecule has 0 aromatic heterocycles. The minimum atomic E-state index is -1.13. The zero-order valence-electron chi connectivity index (χ0n) is 14.0. The number of aliphatic hydroxyl groups excluding tert-OH is 2. The van der Waals surface area contributed by atoms with Crippen molar-refractivity contribution in [3.05, 3.63) is 58.9 Å². The maximum absolute atomic E-state index is 14.1. The molecule has 0 bridgehead atoms. The van der Waals surface area contributed by atoms with E-state index in [1.54, 1.807) is 13.0 Å². The number of nitriles is 1. The van der Waals surface area contributed by atoms with Crippen LogP contribution < -0.4 is 10.8 Å². The van der Waals surface area contributed by atoms with E-state index in [1.807, 2.05) is 6.07 Å². The molecule has 0 unspecified atom stereocenters. The van der Waals surface area contributed by atoms with Crippen LogP contribution >= 0.6 is 0 Å². The molecule has 0 fully saturated rings. The van der Waals surface area contributed by atoms with E-state index in [9.17, 15) is 14.3 Å². The van der Waals surface area contributed by atoms with E-state index < -0.39 is 24.4 Å². The lowest BCUT2D eigenvalue weighted by atomic mass is 10.1. The number of nitrogens with one attached hydrogen (secondary N) is 2. The summed E-state index contributed by atoms with van der Waals surface area (Å²) in [5.41, 5.74) is 3.63. The Kier molecular flexibility index (Phi) is 6.63. The third-order valence-corrected chi connectivity index (χ3v) is 3.44. The highest BCUT2D eigenvalue weighted by molar-refractivity contribution is 6.00. The van der Waals surface area contributed by atoms with Gasteiger partial charge in [0.05, 0.1) is 35.2 Å². The van der Waals surface area contributed by atoms with Crippen LogP contribution in [0.25, 0.3) is 0 Å². The van der Waals surface area contributed by atoms with E-state index in [2.05, 4.69) is 10.8 Å². The maximum Gasteiger partial charge on any atom is 0.276 e. The van der Waals surface area contributed by atoms with Gasteiger partial charge in [0.15, 0.2) is 0 Å². The number of hydrogen-bond donors (Lipinski definition) is 4. The molecule has 0 aliphatic carbocycles. The Bertz CT molecular complexity index is 836. The van der Waals surface area contributed by atoms with Gasteiger partial charge in [-0.05, 0) is 42.8 Å². The summed E-state index contributed by atoms with van der Waals surface area (Å²) in [6.45, 7) is 0.945. The highest BCUT2D eigenvalue weighted by atomic mass is 19.1. The van der Waals surface area contributed by atoms with Gasteiger partial charge in [0, 0.05) is 0 Å². The van der Waals surface area contributed by atoms with Crippen molar-refractivity contribution in [2.45, 2.75) is 13.0 Å². The zero-order valence-corrected chi connectivity index (χ0v) is 14.0. The summed E-state index contributed by atoms with van der Waals surface area (Å²) >= 11 is 0. The standard InChI is InChI=1S/C18H18FN3O4/c1-11-2-5-16(15(19)6-11)21-17-7-12(8-20)3-4-14(17)18(25)22-26-10-13(24)9-23/h2-7,13,21,23-24H,9-10H2,1H3,(H,22,25)/t13-/m1/s1. The van der Waals surface area contributed by atoms with Gasteiger partial charge in [-0.15, -0.1) is 0 Å². The van der Waals surface area contributed by atoms with E-state index in [4.69, 9.17) is 15.2 Å². The second-order valence-electron chi connectivity index (χ2n) is 5.56. The van der Waals surface area contributed by atoms with Crippen molar-refractivity contribution in [1.82, 2.24) is 5.48 Å². The first kappa shape index (κ1) is 19.3. The topological polar surface area (TPSA) is 115 Å². The van der Waals surface area contributed by atoms with Crippen LogP contribution in [0, 0.1) is 24.1 Å². The monoisotopic (exact) mass is 359 g/mol. The van der Waals surface area contributed by atoms with Crippen LogP contribution in [-0.4, -0.2) is 35.4 Å². The number of nitrogens with zero attached hydrogens (tertiary/aromatic N) is 1. The summed E-state index contributed by atoms with van der Waals surface area (Å²) < 4.78 is 14.1. The summed E-state index contributed by atoms with van der Waals surface area (Å²) in [5.74, 6) is -1.16. The number of amides is 1. The van der Waals surface area contributed by atoms with Crippen LogP contribution in [0.4, 0.5) is 15.8 Å². The molecule has 0 aliphatic rings. The van der Waals surface area contributed by atoms with Gasteiger partial charge in [0.2, 0.25) is 0 Å². The van der Waals surface area contributed by atoms with E-state index in [0.29, 0.717) is 0 Å². The molecule has 2 aromatic rings. The number of aliphatic hydroxyl groups is 2. The minimum Gasteiger partial charge on any atom is -0.394 e. The van der Waals surface area contributed by atoms with Gasteiger partial charge in [-0.25, -0.2) is 9.87 Å². The van der Waals surface area contributed by atoms with Gasteiger partial charge >= 0.3 is 0 Å². The third kappa shape index (κ3) is 5.00. The Labute approximate surface area is 149 Å². The van der Waals surface area contributed by atoms with Gasteiger partial charge in [0.25, 0.3) is 5.91 Å². The Balaban J connectivity index is 2.23. The fraction of sp³-hybridized carbons (Fsp3) is 0.222. The molecule has 1 amide bonds. The quantitative estimate of drug-likeness (QED) is 0.560. The summed E-state index contributed by atoms with van der Waals surface area (Å²) in [4.78, 5) is 17.1. The molecule has 2 aromatic carbocycles. The number of aryl methyl sites for hydroxylation is 1. The zero-order chi connectivity index (χ0) is 19.1. The molecule has 0 saturated heterocycles. The lowest BCUT2D eigenvalue weighted by Crippen LogP contribution is -2.30. The highest BCUT2D eigenvalue weighted by Gasteiger charge is 2.15. The molecule has 0 aliphatic heterocycles. The first-order chi connectivity index (χ1) is 12.4. The van der Waals surface area contributed by atoms with Crippen molar-refractivity contribution < 1.29 is 24.2 Å². The molecular weight excluding hydrogens is 341 g/mol. The molecular formula is C18H18FN3O4. The van der Waals surface area contributed by atoms with Gasteiger partial charge in [0.1, 0.15) is 18.5 Å². The largest absolute Gasteiger partial charge is 0.394 e. The maximum atomic E-state index is 14.1. The van der Waals surface area contributed by atoms with Crippen molar-refractivity contribution >= 4 is 17.3 Å². The average Bonchev–Trinajstić information content (AvgIpc) is 2.63. The predicted octanol–water partition coefficient (Wildman–Crippen LogP) is 1.76. The number of carbonyl (C=O) groups excluding carboxylic acids is 1. The van der Waals surface area contributed by atoms with E-state index >= 15 is 0 Å². The van der Waals surface area contributed by atoms with Crippen molar-refractivity contribution in [3.63, 3.8) is 0 Å². The number of hydroxylamine groups is 1. The molecule has 8 heteroatoms. The Morgan fingerprint density at radius 1 is 1.31 bits per heavy atom. The minimum absolute atomic E-state index is 0.113. The fourth-order valence-corrected chi connectivity index (χ4v) is 2.09. The van der Waals surface area contributed by atoms with Crippen LogP contribution in [0.2, 0.25) is 0 Å². The number of benzene rings is 2. The Hall–Kier alpha value is -2.99. The molecule has 7 nitrogen and oxygen atoms in total. The number of halogens is 1. The number of carbonyl (C=O) groups is 1. The Morgan fingerprint density at radius 3 is 2.73 bits per heavy atom. The smallest absolute Gasteiger partial charge is 0.276 e. The normalized spacial score (nSPS) is 11.5. The molecule has 2 rings (SSSR count). The lowest BCUT2D eigenvalue weighted by molar-refractivity contribution is -0.0295. The van der Waals surface area contributed by atoms with E-state index in [1.165, 1.54) is 30.3 Å². The summed E-state index contributed by atoms with van der Waals surface area (Å²) in [6.07, 6.45) is -1.13. The number of hydrogen-bond acceptors (Lipinski definition) is 6. The fourth-order valence-electron chi connectivity index (χ4n) is 2.09. The van der Waals surface area contributed by atoms with Gasteiger partial charge < -0.3 is 15.5 Å². The second kappa shape index (κ2) is 8.92. The SMILES string of the molecule is Cc1ccc(Nc2cc(C#N)ccc2C(=O)NOC[C@H](O)CO)c(F)c1. The number of anilines is 2. The van der Waals surface area contributed by atoms with Gasteiger partial charge in [-0.3, -0.25) is 9.63 Å². The Morgan fingerprint density at radius 2 is 2.08 bits per heavy atom. The third-order valence-electron chi connectivity index (χ3n) is 3.44. The molecule has 26 heavy (non-hydrogen) atoms. The first-order valence-electron chi connectivity index (χ1n) is 7.73. The number of rotatable bonds is 7. The average molecular weight is 359 g/mol. The molecule has 136 valence electrons. The van der Waals surface area contributed by atoms with Crippen LogP contribution in [0.1, 0.15) is 21.5 Å². The molecule has 0 spiro atoms. The molecule has 0 radical (unpaired) electrons. The van der Waals surface area contributed by atoms with E-state index in [0.717, 1.165) is 5.56 Å². The summed E-state index contributed by atoms with van der Waals surface area (Å²) in [5, 5.41) is 29.8. The summed E-state index contributed by atoms with van der Waals surface area (Å²) in [7, 11) is 0. The first-order valence-corrected chi connectivity index (χ1v) is 7.73. The molecule has 0 heterocycles. The van der Waals surface area contributed by atoms with Gasteiger partial charge in [-0.1, -0.05) is 6.07 Å². The van der Waals surface area contributed by atoms with Crippen LogP contribution in [0.3, 0.4) is 0 Å². The van der Waals surface area contributed by atoms with Crippen molar-refractivity contribution in [3.8, 4) is 6.07 Å². The molecule has 4 N–H and O–H groups in total. The second-order valence-corrected chi connectivity index (χ2v) is 5.56. The van der Waals surface area contributed by atoms with Crippen LogP contribution in [-0.2, 0) is 4.84 Å². The lowest BCUT2D eigenvalue weighted by Gasteiger charge is -2.14. The van der Waals surface area contributed by atoms with Crippen LogP contribution in [0.5, 0.6) is 0 Å². The molecule has 1 atom stereocenters. The highest BCUT2D eigenvalue weighted by Crippen LogP contribution is 2.25. The van der Waals surface area contributed by atoms with Crippen molar-refractivity contribution in [2.24, 2.45) is 0 Å². The van der Waals surface area contributed by atoms with Crippen LogP contribution in [0.15, 0.2) is 36.4 Å². The van der Waals surface area contributed by atoms with E-state index in [-0.39, 0.29) is 29.1 Å². The van der Waals surface area contributed by atoms with Crippen molar-refractivity contribution in [1.29, 1.82) is 5.26 Å². The van der Waals surface area contributed by atoms with Gasteiger partial charge in [-0.2, -0.15) is 5.26 Å².